The number of benzene rings is 2. The van der Waals surface area contributed by atoms with E-state index in [4.69, 9.17) is 9.47 Å². The number of aryl methyl sites for hydroxylation is 2. The van der Waals surface area contributed by atoms with E-state index in [1.807, 2.05) is 75.2 Å². The molecule has 0 spiro atoms. The van der Waals surface area contributed by atoms with Crippen molar-refractivity contribution in [3.63, 3.8) is 0 Å². The molecule has 2 aromatic rings. The van der Waals surface area contributed by atoms with E-state index in [1.165, 1.54) is 0 Å². The van der Waals surface area contributed by atoms with Gasteiger partial charge in [0, 0.05) is 6.54 Å². The molecule has 0 aliphatic heterocycles. The highest BCUT2D eigenvalue weighted by molar-refractivity contribution is 5.95. The highest BCUT2D eigenvalue weighted by Gasteiger charge is 2.19. The van der Waals surface area contributed by atoms with Crippen LogP contribution in [0.5, 0.6) is 11.5 Å². The van der Waals surface area contributed by atoms with Crippen LogP contribution in [-0.2, 0) is 4.79 Å². The van der Waals surface area contributed by atoms with Crippen molar-refractivity contribution in [2.75, 3.05) is 32.6 Å². The van der Waals surface area contributed by atoms with Gasteiger partial charge in [0.05, 0.1) is 18.8 Å². The minimum atomic E-state index is -0.291. The molecule has 0 saturated carbocycles. The third-order valence-electron chi connectivity index (χ3n) is 4.45. The van der Waals surface area contributed by atoms with Crippen molar-refractivity contribution in [3.8, 4) is 11.5 Å². The van der Waals surface area contributed by atoms with Crippen LogP contribution < -0.4 is 14.8 Å². The Morgan fingerprint density at radius 1 is 1.15 bits per heavy atom. The molecule has 5 heteroatoms. The molecule has 0 bridgehead atoms. The standard InChI is InChI=1S/C21H28N2O3/c1-15-10-11-20(25-5)18(14-15)22-21(24)17(3)23(4)12-13-26-19-9-7-6-8-16(19)2/h6-11,14,17H,12-13H2,1-5H3,(H,22,24). The zero-order valence-electron chi connectivity index (χ0n) is 16.2. The highest BCUT2D eigenvalue weighted by Crippen LogP contribution is 2.25. The lowest BCUT2D eigenvalue weighted by Gasteiger charge is -2.24. The molecule has 1 unspecified atom stereocenters. The predicted octanol–water partition coefficient (Wildman–Crippen LogP) is 3.65. The van der Waals surface area contributed by atoms with Crippen molar-refractivity contribution < 1.29 is 14.3 Å². The second-order valence-electron chi connectivity index (χ2n) is 6.46. The molecule has 1 N–H and O–H groups in total. The van der Waals surface area contributed by atoms with Crippen LogP contribution >= 0.6 is 0 Å². The zero-order chi connectivity index (χ0) is 19.1. The average molecular weight is 356 g/mol. The van der Waals surface area contributed by atoms with E-state index in [9.17, 15) is 4.79 Å². The van der Waals surface area contributed by atoms with E-state index in [-0.39, 0.29) is 11.9 Å². The van der Waals surface area contributed by atoms with Gasteiger partial charge in [-0.2, -0.15) is 0 Å². The van der Waals surface area contributed by atoms with E-state index in [1.54, 1.807) is 7.11 Å². The summed E-state index contributed by atoms with van der Waals surface area (Å²) in [6.07, 6.45) is 0. The summed E-state index contributed by atoms with van der Waals surface area (Å²) in [5.41, 5.74) is 2.86. The fraction of sp³-hybridized carbons (Fsp3) is 0.381. The molecular weight excluding hydrogens is 328 g/mol. The lowest BCUT2D eigenvalue weighted by Crippen LogP contribution is -2.41. The van der Waals surface area contributed by atoms with Crippen LogP contribution in [-0.4, -0.2) is 44.2 Å². The molecule has 0 aliphatic carbocycles. The second-order valence-corrected chi connectivity index (χ2v) is 6.46. The van der Waals surface area contributed by atoms with Crippen LogP contribution in [0.25, 0.3) is 0 Å². The first-order valence-electron chi connectivity index (χ1n) is 8.76. The summed E-state index contributed by atoms with van der Waals surface area (Å²) in [5, 5.41) is 2.95. The van der Waals surface area contributed by atoms with Crippen LogP contribution in [0.15, 0.2) is 42.5 Å². The SMILES string of the molecule is COc1ccc(C)cc1NC(=O)C(C)N(C)CCOc1ccccc1C. The Morgan fingerprint density at radius 2 is 1.88 bits per heavy atom. The maximum Gasteiger partial charge on any atom is 0.241 e. The van der Waals surface area contributed by atoms with Gasteiger partial charge < -0.3 is 14.8 Å². The molecule has 0 aliphatic rings. The van der Waals surface area contributed by atoms with Gasteiger partial charge in [-0.05, 0) is 57.1 Å². The van der Waals surface area contributed by atoms with Crippen molar-refractivity contribution >= 4 is 11.6 Å². The Bertz CT molecular complexity index is 746. The Morgan fingerprint density at radius 3 is 2.58 bits per heavy atom. The summed E-state index contributed by atoms with van der Waals surface area (Å²) >= 11 is 0. The summed E-state index contributed by atoms with van der Waals surface area (Å²) in [4.78, 5) is 14.5. The van der Waals surface area contributed by atoms with Gasteiger partial charge in [-0.3, -0.25) is 9.69 Å². The van der Waals surface area contributed by atoms with Gasteiger partial charge in [0.1, 0.15) is 18.1 Å². The number of methoxy groups -OCH3 is 1. The number of rotatable bonds is 8. The predicted molar refractivity (Wildman–Crippen MR) is 105 cm³/mol. The number of nitrogens with zero attached hydrogens (tertiary/aromatic N) is 1. The van der Waals surface area contributed by atoms with Crippen LogP contribution in [0.1, 0.15) is 18.1 Å². The smallest absolute Gasteiger partial charge is 0.241 e. The lowest BCUT2D eigenvalue weighted by atomic mass is 10.2. The summed E-state index contributed by atoms with van der Waals surface area (Å²) in [5.74, 6) is 1.46. The molecule has 1 amide bonds. The lowest BCUT2D eigenvalue weighted by molar-refractivity contribution is -0.120. The molecule has 0 aromatic heterocycles. The van der Waals surface area contributed by atoms with Crippen LogP contribution in [0.2, 0.25) is 0 Å². The first-order valence-corrected chi connectivity index (χ1v) is 8.76. The van der Waals surface area contributed by atoms with Gasteiger partial charge in [0.15, 0.2) is 0 Å². The molecule has 1 atom stereocenters. The normalized spacial score (nSPS) is 11.9. The molecule has 140 valence electrons. The molecular formula is C21H28N2O3. The van der Waals surface area contributed by atoms with Crippen molar-refractivity contribution in [2.24, 2.45) is 0 Å². The molecule has 0 fully saturated rings. The monoisotopic (exact) mass is 356 g/mol. The number of anilines is 1. The topological polar surface area (TPSA) is 50.8 Å². The first-order chi connectivity index (χ1) is 12.4. The minimum Gasteiger partial charge on any atom is -0.495 e. The third-order valence-corrected chi connectivity index (χ3v) is 4.45. The number of hydrogen-bond acceptors (Lipinski definition) is 4. The molecule has 2 rings (SSSR count). The van der Waals surface area contributed by atoms with Crippen LogP contribution in [0.4, 0.5) is 5.69 Å². The van der Waals surface area contributed by atoms with E-state index in [0.29, 0.717) is 24.6 Å². The molecule has 2 aromatic carbocycles. The summed E-state index contributed by atoms with van der Waals surface area (Å²) in [6.45, 7) is 7.05. The first kappa shape index (κ1) is 19.8. The van der Waals surface area contributed by atoms with Gasteiger partial charge in [-0.15, -0.1) is 0 Å². The Balaban J connectivity index is 1.89. The Kier molecular flexibility index (Phi) is 7.04. The maximum absolute atomic E-state index is 12.6. The summed E-state index contributed by atoms with van der Waals surface area (Å²) in [7, 11) is 3.51. The van der Waals surface area contributed by atoms with Gasteiger partial charge in [0.2, 0.25) is 5.91 Å². The van der Waals surface area contributed by atoms with Crippen molar-refractivity contribution in [2.45, 2.75) is 26.8 Å². The number of ether oxygens (including phenoxy) is 2. The Hall–Kier alpha value is -2.53. The van der Waals surface area contributed by atoms with Crippen LogP contribution in [0.3, 0.4) is 0 Å². The van der Waals surface area contributed by atoms with E-state index >= 15 is 0 Å². The van der Waals surface area contributed by atoms with Gasteiger partial charge in [-0.1, -0.05) is 24.3 Å². The number of nitrogens with one attached hydrogen (secondary N) is 1. The molecule has 5 nitrogen and oxygen atoms in total. The number of amides is 1. The molecule has 0 radical (unpaired) electrons. The number of carbonyl (C=O) groups is 1. The number of para-hydroxylation sites is 1. The van der Waals surface area contributed by atoms with E-state index in [2.05, 4.69) is 5.32 Å². The van der Waals surface area contributed by atoms with E-state index < -0.39 is 0 Å². The fourth-order valence-corrected chi connectivity index (χ4v) is 2.57. The van der Waals surface area contributed by atoms with Crippen molar-refractivity contribution in [1.82, 2.24) is 4.90 Å². The number of hydrogen-bond donors (Lipinski definition) is 1. The third kappa shape index (κ3) is 5.23. The number of likely N-dealkylation sites (N-methyl/N-ethyl adjacent to an activating group) is 1. The molecule has 26 heavy (non-hydrogen) atoms. The highest BCUT2D eigenvalue weighted by atomic mass is 16.5. The summed E-state index contributed by atoms with van der Waals surface area (Å²) < 4.78 is 11.1. The Labute approximate surface area is 155 Å². The van der Waals surface area contributed by atoms with Crippen LogP contribution in [0, 0.1) is 13.8 Å². The molecule has 0 saturated heterocycles. The average Bonchev–Trinajstić information content (AvgIpc) is 2.62. The van der Waals surface area contributed by atoms with Gasteiger partial charge in [0.25, 0.3) is 0 Å². The second kappa shape index (κ2) is 9.25. The zero-order valence-corrected chi connectivity index (χ0v) is 16.2. The number of carbonyl (C=O) groups excluding carboxylic acids is 1. The van der Waals surface area contributed by atoms with E-state index in [0.717, 1.165) is 16.9 Å². The van der Waals surface area contributed by atoms with Gasteiger partial charge in [-0.25, -0.2) is 0 Å². The van der Waals surface area contributed by atoms with Gasteiger partial charge >= 0.3 is 0 Å². The minimum absolute atomic E-state index is 0.0766. The fourth-order valence-electron chi connectivity index (χ4n) is 2.57. The summed E-state index contributed by atoms with van der Waals surface area (Å²) in [6, 6.07) is 13.3. The molecule has 0 heterocycles. The van der Waals surface area contributed by atoms with Crippen molar-refractivity contribution in [1.29, 1.82) is 0 Å². The maximum atomic E-state index is 12.6. The quantitative estimate of drug-likeness (QED) is 0.784. The van der Waals surface area contributed by atoms with Crippen molar-refractivity contribution in [3.05, 3.63) is 53.6 Å². The largest absolute Gasteiger partial charge is 0.495 e.